The predicted octanol–water partition coefficient (Wildman–Crippen LogP) is 2.25. The minimum atomic E-state index is -0.229. The molecule has 1 unspecified atom stereocenters. The molecule has 0 amide bonds. The molecule has 3 N–H and O–H groups in total. The number of halogens is 1. The third kappa shape index (κ3) is 4.67. The molecule has 0 spiro atoms. The van der Waals surface area contributed by atoms with Crippen LogP contribution in [0.5, 0.6) is 0 Å². The largest absolute Gasteiger partial charge is 0.329 e. The molecule has 0 aliphatic rings. The van der Waals surface area contributed by atoms with Crippen molar-refractivity contribution in [1.29, 1.82) is 0 Å². The van der Waals surface area contributed by atoms with Crippen molar-refractivity contribution in [3.8, 4) is 0 Å². The topological polar surface area (TPSA) is 38.0 Å². The van der Waals surface area contributed by atoms with Crippen molar-refractivity contribution in [1.82, 2.24) is 5.32 Å². The summed E-state index contributed by atoms with van der Waals surface area (Å²) in [5.74, 6) is -0.207. The second-order valence-electron chi connectivity index (χ2n) is 4.88. The average Bonchev–Trinajstić information content (AvgIpc) is 2.26. The summed E-state index contributed by atoms with van der Waals surface area (Å²) in [6.45, 7) is 9.08. The van der Waals surface area contributed by atoms with Gasteiger partial charge in [-0.2, -0.15) is 0 Å². The molecule has 0 fully saturated rings. The van der Waals surface area contributed by atoms with Gasteiger partial charge < -0.3 is 11.1 Å². The van der Waals surface area contributed by atoms with Gasteiger partial charge >= 0.3 is 0 Å². The van der Waals surface area contributed by atoms with Crippen LogP contribution in [0, 0.1) is 5.82 Å². The van der Waals surface area contributed by atoms with Crippen molar-refractivity contribution >= 4 is 0 Å². The smallest absolute Gasteiger partial charge is 0.123 e. The Morgan fingerprint density at radius 3 is 2.76 bits per heavy atom. The van der Waals surface area contributed by atoms with Crippen LogP contribution >= 0.6 is 0 Å². The lowest BCUT2D eigenvalue weighted by Crippen LogP contribution is -2.50. The maximum Gasteiger partial charge on any atom is 0.123 e. The minimum Gasteiger partial charge on any atom is -0.329 e. The van der Waals surface area contributed by atoms with Crippen molar-refractivity contribution in [3.05, 3.63) is 47.8 Å². The molecule has 0 heterocycles. The summed E-state index contributed by atoms with van der Waals surface area (Å²) in [7, 11) is 0. The molecule has 0 aliphatic heterocycles. The van der Waals surface area contributed by atoms with Gasteiger partial charge in [-0.15, -0.1) is 0 Å². The first kappa shape index (κ1) is 13.9. The van der Waals surface area contributed by atoms with Crippen LogP contribution in [-0.2, 0) is 6.42 Å². The van der Waals surface area contributed by atoms with Crippen molar-refractivity contribution in [2.24, 2.45) is 5.73 Å². The monoisotopic (exact) mass is 236 g/mol. The summed E-state index contributed by atoms with van der Waals surface area (Å²) >= 11 is 0. The molecule has 1 rings (SSSR count). The van der Waals surface area contributed by atoms with E-state index in [1.54, 1.807) is 12.1 Å². The van der Waals surface area contributed by atoms with Crippen LogP contribution in [0.3, 0.4) is 0 Å². The van der Waals surface area contributed by atoms with Gasteiger partial charge in [-0.1, -0.05) is 24.3 Å². The quantitative estimate of drug-likeness (QED) is 0.743. The van der Waals surface area contributed by atoms with Crippen molar-refractivity contribution in [3.63, 3.8) is 0 Å². The van der Waals surface area contributed by atoms with E-state index in [4.69, 9.17) is 5.73 Å². The number of rotatable bonds is 6. The molecule has 1 aromatic carbocycles. The predicted molar refractivity (Wildman–Crippen MR) is 70.4 cm³/mol. The lowest BCUT2D eigenvalue weighted by Gasteiger charge is -2.30. The van der Waals surface area contributed by atoms with Gasteiger partial charge in [0.25, 0.3) is 0 Å². The van der Waals surface area contributed by atoms with E-state index in [9.17, 15) is 4.39 Å². The zero-order valence-electron chi connectivity index (χ0n) is 10.6. The third-order valence-corrected chi connectivity index (χ3v) is 2.75. The Labute approximate surface area is 103 Å². The van der Waals surface area contributed by atoms with Gasteiger partial charge in [-0.3, -0.25) is 0 Å². The molecule has 0 aromatic heterocycles. The molecule has 17 heavy (non-hydrogen) atoms. The fraction of sp³-hybridized carbons (Fsp3) is 0.429. The van der Waals surface area contributed by atoms with E-state index in [1.807, 2.05) is 19.9 Å². The number of nitrogens with one attached hydrogen (secondary N) is 1. The third-order valence-electron chi connectivity index (χ3n) is 2.75. The number of hydrogen-bond donors (Lipinski definition) is 2. The van der Waals surface area contributed by atoms with Gasteiger partial charge in [-0.05, 0) is 38.0 Å². The van der Waals surface area contributed by atoms with E-state index in [0.717, 1.165) is 17.7 Å². The number of hydrogen-bond acceptors (Lipinski definition) is 2. The van der Waals surface area contributed by atoms with Gasteiger partial charge in [0, 0.05) is 18.6 Å². The van der Waals surface area contributed by atoms with Gasteiger partial charge in [0.2, 0.25) is 0 Å². The van der Waals surface area contributed by atoms with Crippen LogP contribution in [0.4, 0.5) is 4.39 Å². The van der Waals surface area contributed by atoms with Crippen LogP contribution in [0.25, 0.3) is 0 Å². The van der Waals surface area contributed by atoms with Gasteiger partial charge in [-0.25, -0.2) is 4.39 Å². The molecule has 94 valence electrons. The second kappa shape index (κ2) is 5.94. The minimum absolute atomic E-state index is 0.207. The fourth-order valence-corrected chi connectivity index (χ4v) is 1.67. The zero-order chi connectivity index (χ0) is 12.9. The molecular formula is C14H21FN2. The van der Waals surface area contributed by atoms with Gasteiger partial charge in [0.15, 0.2) is 0 Å². The highest BCUT2D eigenvalue weighted by molar-refractivity contribution is 5.19. The van der Waals surface area contributed by atoms with Crippen molar-refractivity contribution in [2.45, 2.75) is 25.8 Å². The molecule has 1 atom stereocenters. The summed E-state index contributed by atoms with van der Waals surface area (Å²) in [6, 6.07) is 6.64. The first-order valence-electron chi connectivity index (χ1n) is 5.79. The summed E-state index contributed by atoms with van der Waals surface area (Å²) < 4.78 is 13.1. The Bertz CT molecular complexity index is 390. The van der Waals surface area contributed by atoms with Crippen molar-refractivity contribution in [2.75, 3.05) is 13.1 Å². The van der Waals surface area contributed by atoms with E-state index in [1.165, 1.54) is 6.07 Å². The zero-order valence-corrected chi connectivity index (χ0v) is 10.6. The molecule has 0 saturated heterocycles. The van der Waals surface area contributed by atoms with E-state index >= 15 is 0 Å². The molecule has 3 heteroatoms. The summed E-state index contributed by atoms with van der Waals surface area (Å²) in [4.78, 5) is 0. The van der Waals surface area contributed by atoms with E-state index in [-0.39, 0.29) is 11.4 Å². The lowest BCUT2D eigenvalue weighted by atomic mass is 9.92. The molecule has 0 aliphatic carbocycles. The molecule has 2 nitrogen and oxygen atoms in total. The first-order chi connectivity index (χ1) is 7.95. The van der Waals surface area contributed by atoms with Crippen molar-refractivity contribution < 1.29 is 4.39 Å². The highest BCUT2D eigenvalue weighted by Gasteiger charge is 2.22. The highest BCUT2D eigenvalue weighted by atomic mass is 19.1. The second-order valence-corrected chi connectivity index (χ2v) is 4.88. The molecule has 0 bridgehead atoms. The Kier molecular flexibility index (Phi) is 4.85. The lowest BCUT2D eigenvalue weighted by molar-refractivity contribution is 0.374. The maximum absolute atomic E-state index is 13.1. The Balaban J connectivity index is 2.70. The number of nitrogens with two attached hydrogens (primary N) is 1. The van der Waals surface area contributed by atoms with Crippen LogP contribution in [0.2, 0.25) is 0 Å². The SMILES string of the molecule is C=C(C)CNC(C)(CN)Cc1cccc(F)c1. The molecular weight excluding hydrogens is 215 g/mol. The first-order valence-corrected chi connectivity index (χ1v) is 5.79. The van der Waals surface area contributed by atoms with Gasteiger partial charge in [0.05, 0.1) is 0 Å². The van der Waals surface area contributed by atoms with Crippen LogP contribution in [0.1, 0.15) is 19.4 Å². The van der Waals surface area contributed by atoms with E-state index in [0.29, 0.717) is 13.0 Å². The summed E-state index contributed by atoms with van der Waals surface area (Å²) in [5.41, 5.74) is 7.57. The van der Waals surface area contributed by atoms with Crippen LogP contribution < -0.4 is 11.1 Å². The Morgan fingerprint density at radius 1 is 1.53 bits per heavy atom. The number of benzene rings is 1. The van der Waals surface area contributed by atoms with E-state index < -0.39 is 0 Å². The summed E-state index contributed by atoms with van der Waals surface area (Å²) in [6.07, 6.45) is 0.703. The normalized spacial score (nSPS) is 14.4. The fourth-order valence-electron chi connectivity index (χ4n) is 1.67. The van der Waals surface area contributed by atoms with E-state index in [2.05, 4.69) is 11.9 Å². The highest BCUT2D eigenvalue weighted by Crippen LogP contribution is 2.13. The molecule has 0 radical (unpaired) electrons. The van der Waals surface area contributed by atoms with Gasteiger partial charge in [0.1, 0.15) is 5.82 Å². The summed E-state index contributed by atoms with van der Waals surface area (Å²) in [5, 5.41) is 3.37. The Hall–Kier alpha value is -1.19. The molecule has 0 saturated carbocycles. The average molecular weight is 236 g/mol. The standard InChI is InChI=1S/C14H21FN2/c1-11(2)9-17-14(3,10-16)8-12-5-4-6-13(15)7-12/h4-7,17H,1,8-10,16H2,2-3H3. The van der Waals surface area contributed by atoms with Crippen LogP contribution in [-0.4, -0.2) is 18.6 Å². The maximum atomic E-state index is 13.1. The Morgan fingerprint density at radius 2 is 2.24 bits per heavy atom. The molecule has 1 aromatic rings. The van der Waals surface area contributed by atoms with Crippen LogP contribution in [0.15, 0.2) is 36.4 Å².